The van der Waals surface area contributed by atoms with E-state index in [0.29, 0.717) is 5.02 Å². The lowest BCUT2D eigenvalue weighted by Crippen LogP contribution is -2.35. The van der Waals surface area contributed by atoms with Crippen LogP contribution in [0, 0.1) is 0 Å². The molecule has 1 aliphatic rings. The van der Waals surface area contributed by atoms with Crippen molar-refractivity contribution in [2.24, 2.45) is 0 Å². The Balaban J connectivity index is 1.94. The number of amides is 1. The molecule has 1 unspecified atom stereocenters. The minimum atomic E-state index is -0.836. The molecule has 3 atom stereocenters. The van der Waals surface area contributed by atoms with E-state index in [1.807, 2.05) is 19.1 Å². The molecule has 1 amide bonds. The topological polar surface area (TPSA) is 60.8 Å². The van der Waals surface area contributed by atoms with Crippen LogP contribution in [0.15, 0.2) is 29.2 Å². The van der Waals surface area contributed by atoms with E-state index in [4.69, 9.17) is 11.6 Å². The van der Waals surface area contributed by atoms with E-state index in [9.17, 15) is 15.0 Å². The van der Waals surface area contributed by atoms with Crippen LogP contribution < -0.4 is 0 Å². The second-order valence-electron chi connectivity index (χ2n) is 4.59. The standard InChI is InChI=1S/C13H16ClNO3S/c1-8(19-10-4-2-9(14)3-5-10)13(18)15-6-11(16)12(17)7-15/h2-5,8,11-12,16-17H,6-7H2,1H3/t8?,11-,12+. The zero-order chi connectivity index (χ0) is 14.0. The summed E-state index contributed by atoms with van der Waals surface area (Å²) in [7, 11) is 0. The van der Waals surface area contributed by atoms with Crippen LogP contribution in [-0.2, 0) is 4.79 Å². The van der Waals surface area contributed by atoms with Gasteiger partial charge in [0, 0.05) is 23.0 Å². The van der Waals surface area contributed by atoms with E-state index >= 15 is 0 Å². The fourth-order valence-corrected chi connectivity index (χ4v) is 3.05. The molecule has 0 bridgehead atoms. The smallest absolute Gasteiger partial charge is 0.235 e. The summed E-state index contributed by atoms with van der Waals surface area (Å²) in [4.78, 5) is 14.6. The molecular formula is C13H16ClNO3S. The summed E-state index contributed by atoms with van der Waals surface area (Å²) in [5.41, 5.74) is 0. The average molecular weight is 302 g/mol. The van der Waals surface area contributed by atoms with Gasteiger partial charge < -0.3 is 15.1 Å². The fourth-order valence-electron chi connectivity index (χ4n) is 1.97. The van der Waals surface area contributed by atoms with Crippen molar-refractivity contribution in [1.82, 2.24) is 4.90 Å². The number of likely N-dealkylation sites (tertiary alicyclic amines) is 1. The van der Waals surface area contributed by atoms with Crippen LogP contribution in [0.1, 0.15) is 6.92 Å². The van der Waals surface area contributed by atoms with Gasteiger partial charge in [0.25, 0.3) is 0 Å². The van der Waals surface area contributed by atoms with Crippen molar-refractivity contribution in [2.45, 2.75) is 29.3 Å². The Morgan fingerprint density at radius 2 is 1.84 bits per heavy atom. The van der Waals surface area contributed by atoms with Crippen molar-refractivity contribution in [3.8, 4) is 0 Å². The van der Waals surface area contributed by atoms with Gasteiger partial charge in [-0.2, -0.15) is 0 Å². The third-order valence-corrected chi connectivity index (χ3v) is 4.40. The zero-order valence-electron chi connectivity index (χ0n) is 10.5. The van der Waals surface area contributed by atoms with Crippen LogP contribution in [0.3, 0.4) is 0 Å². The van der Waals surface area contributed by atoms with Crippen molar-refractivity contribution in [3.05, 3.63) is 29.3 Å². The van der Waals surface area contributed by atoms with Gasteiger partial charge in [-0.15, -0.1) is 11.8 Å². The van der Waals surface area contributed by atoms with Crippen molar-refractivity contribution in [1.29, 1.82) is 0 Å². The van der Waals surface area contributed by atoms with E-state index in [-0.39, 0.29) is 24.2 Å². The first-order valence-corrected chi connectivity index (χ1v) is 7.30. The first kappa shape index (κ1) is 14.7. The second-order valence-corrected chi connectivity index (χ2v) is 6.44. The van der Waals surface area contributed by atoms with Gasteiger partial charge in [-0.25, -0.2) is 0 Å². The molecule has 0 spiro atoms. The molecular weight excluding hydrogens is 286 g/mol. The van der Waals surface area contributed by atoms with Gasteiger partial charge in [0.15, 0.2) is 0 Å². The minimum Gasteiger partial charge on any atom is -0.388 e. The average Bonchev–Trinajstić information content (AvgIpc) is 2.71. The van der Waals surface area contributed by atoms with E-state index in [1.165, 1.54) is 16.7 Å². The maximum atomic E-state index is 12.2. The first-order valence-electron chi connectivity index (χ1n) is 6.04. The highest BCUT2D eigenvalue weighted by Crippen LogP contribution is 2.26. The lowest BCUT2D eigenvalue weighted by molar-refractivity contribution is -0.129. The summed E-state index contributed by atoms with van der Waals surface area (Å²) in [5, 5.41) is 19.3. The maximum absolute atomic E-state index is 12.2. The molecule has 0 saturated carbocycles. The Labute approximate surface area is 121 Å². The van der Waals surface area contributed by atoms with Crippen molar-refractivity contribution >= 4 is 29.3 Å². The number of β-amino-alcohol motifs (C(OH)–C–C–N with tert-alkyl or cyclic N) is 2. The SMILES string of the molecule is CC(Sc1ccc(Cl)cc1)C(=O)N1C[C@@H](O)[C@@H](O)C1. The van der Waals surface area contributed by atoms with E-state index < -0.39 is 12.2 Å². The molecule has 4 nitrogen and oxygen atoms in total. The third-order valence-electron chi connectivity index (χ3n) is 3.04. The van der Waals surface area contributed by atoms with Crippen LogP contribution in [0.25, 0.3) is 0 Å². The Morgan fingerprint density at radius 3 is 2.37 bits per heavy atom. The Morgan fingerprint density at radius 1 is 1.32 bits per heavy atom. The molecule has 0 radical (unpaired) electrons. The number of carbonyl (C=O) groups excluding carboxylic acids is 1. The monoisotopic (exact) mass is 301 g/mol. The largest absolute Gasteiger partial charge is 0.388 e. The minimum absolute atomic E-state index is 0.0736. The van der Waals surface area contributed by atoms with Gasteiger partial charge in [0.2, 0.25) is 5.91 Å². The predicted molar refractivity (Wildman–Crippen MR) is 75.4 cm³/mol. The number of nitrogens with zero attached hydrogens (tertiary/aromatic N) is 1. The van der Waals surface area contributed by atoms with E-state index in [1.54, 1.807) is 12.1 Å². The van der Waals surface area contributed by atoms with E-state index in [2.05, 4.69) is 0 Å². The van der Waals surface area contributed by atoms with Crippen molar-refractivity contribution < 1.29 is 15.0 Å². The van der Waals surface area contributed by atoms with Gasteiger partial charge in [-0.3, -0.25) is 4.79 Å². The number of thioether (sulfide) groups is 1. The van der Waals surface area contributed by atoms with Crippen LogP contribution in [0.2, 0.25) is 5.02 Å². The molecule has 2 N–H and O–H groups in total. The fraction of sp³-hybridized carbons (Fsp3) is 0.462. The molecule has 19 heavy (non-hydrogen) atoms. The number of hydrogen-bond acceptors (Lipinski definition) is 4. The Bertz CT molecular complexity index is 444. The Hall–Kier alpha value is -0.750. The van der Waals surface area contributed by atoms with Gasteiger partial charge in [0.1, 0.15) is 0 Å². The molecule has 1 aliphatic heterocycles. The number of carbonyl (C=O) groups is 1. The number of rotatable bonds is 3. The molecule has 0 aromatic heterocycles. The molecule has 1 fully saturated rings. The number of aliphatic hydroxyl groups excluding tert-OH is 2. The highest BCUT2D eigenvalue weighted by molar-refractivity contribution is 8.00. The maximum Gasteiger partial charge on any atom is 0.235 e. The second kappa shape index (κ2) is 6.13. The lowest BCUT2D eigenvalue weighted by Gasteiger charge is -2.20. The highest BCUT2D eigenvalue weighted by Gasteiger charge is 2.34. The van der Waals surface area contributed by atoms with Crippen molar-refractivity contribution in [3.63, 3.8) is 0 Å². The quantitative estimate of drug-likeness (QED) is 0.828. The summed E-state index contributed by atoms with van der Waals surface area (Å²) < 4.78 is 0. The molecule has 1 saturated heterocycles. The molecule has 0 aliphatic carbocycles. The lowest BCUT2D eigenvalue weighted by atomic mass is 10.3. The third kappa shape index (κ3) is 3.63. The molecule has 2 rings (SSSR count). The summed E-state index contributed by atoms with van der Waals surface area (Å²) in [5.74, 6) is -0.0736. The summed E-state index contributed by atoms with van der Waals surface area (Å²) in [6, 6.07) is 7.30. The van der Waals surface area contributed by atoms with Gasteiger partial charge >= 0.3 is 0 Å². The number of hydrogen-bond donors (Lipinski definition) is 2. The van der Waals surface area contributed by atoms with Crippen LogP contribution in [0.5, 0.6) is 0 Å². The van der Waals surface area contributed by atoms with Gasteiger partial charge in [-0.1, -0.05) is 11.6 Å². The summed E-state index contributed by atoms with van der Waals surface area (Å²) in [6.07, 6.45) is -1.67. The number of benzene rings is 1. The zero-order valence-corrected chi connectivity index (χ0v) is 12.1. The van der Waals surface area contributed by atoms with Crippen LogP contribution in [0.4, 0.5) is 0 Å². The number of halogens is 1. The molecule has 104 valence electrons. The van der Waals surface area contributed by atoms with Gasteiger partial charge in [-0.05, 0) is 31.2 Å². The molecule has 1 aromatic rings. The summed E-state index contributed by atoms with van der Waals surface area (Å²) in [6.45, 7) is 2.22. The molecule has 1 aromatic carbocycles. The summed E-state index contributed by atoms with van der Waals surface area (Å²) >= 11 is 7.24. The molecule has 1 heterocycles. The normalized spacial score (nSPS) is 24.5. The van der Waals surface area contributed by atoms with Crippen LogP contribution >= 0.6 is 23.4 Å². The first-order chi connectivity index (χ1) is 8.97. The van der Waals surface area contributed by atoms with Crippen LogP contribution in [-0.4, -0.2) is 51.6 Å². The predicted octanol–water partition coefficient (Wildman–Crippen LogP) is 1.38. The van der Waals surface area contributed by atoms with E-state index in [0.717, 1.165) is 4.90 Å². The van der Waals surface area contributed by atoms with Crippen molar-refractivity contribution in [2.75, 3.05) is 13.1 Å². The van der Waals surface area contributed by atoms with Gasteiger partial charge in [0.05, 0.1) is 17.5 Å². The highest BCUT2D eigenvalue weighted by atomic mass is 35.5. The Kier molecular flexibility index (Phi) is 4.73. The molecule has 6 heteroatoms. The number of aliphatic hydroxyl groups is 2.